The van der Waals surface area contributed by atoms with E-state index in [9.17, 15) is 0 Å². The molecule has 1 heterocycles. The highest BCUT2D eigenvalue weighted by atomic mass is 79.9. The number of nitrogens with one attached hydrogen (secondary N) is 1. The third-order valence-electron chi connectivity index (χ3n) is 2.48. The van der Waals surface area contributed by atoms with E-state index in [1.807, 2.05) is 18.2 Å². The zero-order valence-electron chi connectivity index (χ0n) is 10.6. The van der Waals surface area contributed by atoms with Crippen molar-refractivity contribution in [3.63, 3.8) is 0 Å². The fraction of sp³-hybridized carbons (Fsp3) is 0.154. The minimum absolute atomic E-state index is 0.499. The van der Waals surface area contributed by atoms with Crippen molar-refractivity contribution < 1.29 is 9.47 Å². The van der Waals surface area contributed by atoms with E-state index < -0.39 is 0 Å². The van der Waals surface area contributed by atoms with Gasteiger partial charge < -0.3 is 20.5 Å². The number of aromatic nitrogens is 1. The Hall–Kier alpha value is -1.95. The first-order chi connectivity index (χ1) is 9.12. The molecule has 1 aromatic carbocycles. The quantitative estimate of drug-likeness (QED) is 0.904. The van der Waals surface area contributed by atoms with E-state index in [0.29, 0.717) is 17.4 Å². The Kier molecular flexibility index (Phi) is 4.11. The van der Waals surface area contributed by atoms with Crippen molar-refractivity contribution in [1.82, 2.24) is 4.98 Å². The van der Waals surface area contributed by atoms with Crippen molar-refractivity contribution in [2.45, 2.75) is 0 Å². The van der Waals surface area contributed by atoms with Gasteiger partial charge in [-0.3, -0.25) is 0 Å². The first kappa shape index (κ1) is 13.5. The van der Waals surface area contributed by atoms with Crippen LogP contribution in [-0.2, 0) is 0 Å². The van der Waals surface area contributed by atoms with Gasteiger partial charge in [-0.15, -0.1) is 0 Å². The SMILES string of the molecule is COc1cc(Br)cc(Nc2nc(OC)ccc2N)c1. The van der Waals surface area contributed by atoms with Gasteiger partial charge in [0.25, 0.3) is 0 Å². The molecule has 0 amide bonds. The van der Waals surface area contributed by atoms with E-state index in [1.165, 1.54) is 0 Å². The maximum absolute atomic E-state index is 5.88. The zero-order chi connectivity index (χ0) is 13.8. The number of nitrogens with two attached hydrogens (primary N) is 1. The first-order valence-electron chi connectivity index (χ1n) is 5.54. The van der Waals surface area contributed by atoms with Gasteiger partial charge in [0.2, 0.25) is 5.88 Å². The van der Waals surface area contributed by atoms with Gasteiger partial charge in [-0.05, 0) is 18.2 Å². The average Bonchev–Trinajstić information content (AvgIpc) is 2.40. The number of nitrogens with zero attached hydrogens (tertiary/aromatic N) is 1. The molecule has 0 bridgehead atoms. The molecular weight excluding hydrogens is 310 g/mol. The van der Waals surface area contributed by atoms with Gasteiger partial charge in [-0.25, -0.2) is 0 Å². The zero-order valence-corrected chi connectivity index (χ0v) is 12.2. The van der Waals surface area contributed by atoms with Crippen LogP contribution in [0.4, 0.5) is 17.2 Å². The standard InChI is InChI=1S/C13H14BrN3O2/c1-18-10-6-8(14)5-9(7-10)16-13-11(15)3-4-12(17-13)19-2/h3-7H,15H2,1-2H3,(H,16,17). The Morgan fingerprint density at radius 2 is 1.95 bits per heavy atom. The maximum Gasteiger partial charge on any atom is 0.215 e. The summed E-state index contributed by atoms with van der Waals surface area (Å²) in [6.07, 6.45) is 0. The number of rotatable bonds is 4. The molecule has 2 rings (SSSR count). The Labute approximate surface area is 119 Å². The Morgan fingerprint density at radius 1 is 1.16 bits per heavy atom. The lowest BCUT2D eigenvalue weighted by Gasteiger charge is -2.11. The minimum Gasteiger partial charge on any atom is -0.497 e. The summed E-state index contributed by atoms with van der Waals surface area (Å²) in [5.74, 6) is 1.77. The number of methoxy groups -OCH3 is 2. The molecule has 0 atom stereocenters. The lowest BCUT2D eigenvalue weighted by molar-refractivity contribution is 0.398. The van der Waals surface area contributed by atoms with Gasteiger partial charge in [0.1, 0.15) is 5.75 Å². The summed E-state index contributed by atoms with van der Waals surface area (Å²) >= 11 is 3.42. The van der Waals surface area contributed by atoms with Gasteiger partial charge in [0.05, 0.1) is 19.9 Å². The minimum atomic E-state index is 0.499. The summed E-state index contributed by atoms with van der Waals surface area (Å²) in [6, 6.07) is 9.08. The van der Waals surface area contributed by atoms with Gasteiger partial charge in [0.15, 0.2) is 5.82 Å². The molecule has 0 saturated carbocycles. The molecule has 0 radical (unpaired) electrons. The second-order valence-corrected chi connectivity index (χ2v) is 4.71. The summed E-state index contributed by atoms with van der Waals surface area (Å²) in [4.78, 5) is 4.26. The number of benzene rings is 1. The van der Waals surface area contributed by atoms with Crippen LogP contribution in [0.15, 0.2) is 34.8 Å². The number of pyridine rings is 1. The second kappa shape index (κ2) is 5.79. The topological polar surface area (TPSA) is 69.4 Å². The Morgan fingerprint density at radius 3 is 2.63 bits per heavy atom. The number of hydrogen-bond acceptors (Lipinski definition) is 5. The van der Waals surface area contributed by atoms with Crippen LogP contribution >= 0.6 is 15.9 Å². The molecule has 0 aliphatic rings. The molecule has 3 N–H and O–H groups in total. The highest BCUT2D eigenvalue weighted by Crippen LogP contribution is 2.29. The molecule has 1 aromatic heterocycles. The fourth-order valence-corrected chi connectivity index (χ4v) is 2.03. The number of ether oxygens (including phenoxy) is 2. The fourth-order valence-electron chi connectivity index (χ4n) is 1.56. The van der Waals surface area contributed by atoms with Crippen molar-refractivity contribution in [1.29, 1.82) is 0 Å². The van der Waals surface area contributed by atoms with Crippen LogP contribution in [-0.4, -0.2) is 19.2 Å². The molecule has 0 saturated heterocycles. The molecule has 2 aromatic rings. The van der Waals surface area contributed by atoms with E-state index in [4.69, 9.17) is 15.2 Å². The van der Waals surface area contributed by atoms with Gasteiger partial charge in [-0.2, -0.15) is 4.98 Å². The van der Waals surface area contributed by atoms with Crippen LogP contribution < -0.4 is 20.5 Å². The van der Waals surface area contributed by atoms with E-state index in [2.05, 4.69) is 26.2 Å². The smallest absolute Gasteiger partial charge is 0.215 e. The summed E-state index contributed by atoms with van der Waals surface area (Å²) in [7, 11) is 3.17. The number of halogens is 1. The normalized spacial score (nSPS) is 10.1. The van der Waals surface area contributed by atoms with Gasteiger partial charge >= 0.3 is 0 Å². The van der Waals surface area contributed by atoms with Crippen molar-refractivity contribution in [2.75, 3.05) is 25.3 Å². The predicted octanol–water partition coefficient (Wildman–Crippen LogP) is 3.19. The second-order valence-electron chi connectivity index (χ2n) is 3.80. The van der Waals surface area contributed by atoms with Crippen LogP contribution in [0.2, 0.25) is 0 Å². The molecule has 0 fully saturated rings. The van der Waals surface area contributed by atoms with Crippen LogP contribution in [0.5, 0.6) is 11.6 Å². The van der Waals surface area contributed by atoms with Crippen LogP contribution in [0.3, 0.4) is 0 Å². The molecule has 6 heteroatoms. The summed E-state index contributed by atoms with van der Waals surface area (Å²) in [5, 5.41) is 3.14. The Balaban J connectivity index is 2.32. The summed E-state index contributed by atoms with van der Waals surface area (Å²) in [6.45, 7) is 0. The first-order valence-corrected chi connectivity index (χ1v) is 6.34. The molecule has 0 unspecified atom stereocenters. The van der Waals surface area contributed by atoms with Gasteiger partial charge in [0, 0.05) is 22.3 Å². The van der Waals surface area contributed by atoms with Crippen LogP contribution in [0.25, 0.3) is 0 Å². The molecule has 0 aliphatic heterocycles. The maximum atomic E-state index is 5.88. The molecule has 19 heavy (non-hydrogen) atoms. The molecule has 100 valence electrons. The van der Waals surface area contributed by atoms with Crippen LogP contribution in [0.1, 0.15) is 0 Å². The monoisotopic (exact) mass is 323 g/mol. The third kappa shape index (κ3) is 3.29. The number of nitrogen functional groups attached to an aromatic ring is 1. The number of anilines is 3. The van der Waals surface area contributed by atoms with Crippen molar-refractivity contribution in [2.24, 2.45) is 0 Å². The van der Waals surface area contributed by atoms with E-state index in [-0.39, 0.29) is 0 Å². The van der Waals surface area contributed by atoms with E-state index in [0.717, 1.165) is 15.9 Å². The largest absolute Gasteiger partial charge is 0.497 e. The van der Waals surface area contributed by atoms with Crippen molar-refractivity contribution in [3.8, 4) is 11.6 Å². The van der Waals surface area contributed by atoms with Gasteiger partial charge in [-0.1, -0.05) is 15.9 Å². The predicted molar refractivity (Wildman–Crippen MR) is 79.2 cm³/mol. The summed E-state index contributed by atoms with van der Waals surface area (Å²) < 4.78 is 11.2. The molecule has 5 nitrogen and oxygen atoms in total. The molecule has 0 spiro atoms. The highest BCUT2D eigenvalue weighted by Gasteiger charge is 2.06. The van der Waals surface area contributed by atoms with E-state index in [1.54, 1.807) is 26.4 Å². The van der Waals surface area contributed by atoms with Crippen molar-refractivity contribution >= 4 is 33.1 Å². The summed E-state index contributed by atoms with van der Waals surface area (Å²) in [5.41, 5.74) is 7.24. The number of hydrogen-bond donors (Lipinski definition) is 2. The third-order valence-corrected chi connectivity index (χ3v) is 2.94. The highest BCUT2D eigenvalue weighted by molar-refractivity contribution is 9.10. The van der Waals surface area contributed by atoms with Crippen LogP contribution in [0, 0.1) is 0 Å². The average molecular weight is 324 g/mol. The lowest BCUT2D eigenvalue weighted by Crippen LogP contribution is -2.01. The van der Waals surface area contributed by atoms with E-state index >= 15 is 0 Å². The Bertz CT molecular complexity index is 590. The van der Waals surface area contributed by atoms with Crippen molar-refractivity contribution in [3.05, 3.63) is 34.8 Å². The molecular formula is C13H14BrN3O2. The lowest BCUT2D eigenvalue weighted by atomic mass is 10.3. The molecule has 0 aliphatic carbocycles.